The second-order valence-electron chi connectivity index (χ2n) is 6.04. The first-order chi connectivity index (χ1) is 8.03. The molecule has 0 aromatic rings. The van der Waals surface area contributed by atoms with E-state index in [0.717, 1.165) is 26.3 Å². The SMILES string of the molecule is CC1COCCN1C1(CN)CSCCC1(C)C. The first kappa shape index (κ1) is 13.7. The molecule has 2 fully saturated rings. The summed E-state index contributed by atoms with van der Waals surface area (Å²) in [6.45, 7) is 10.5. The molecule has 2 aliphatic rings. The van der Waals surface area contributed by atoms with Crippen LogP contribution in [0.25, 0.3) is 0 Å². The number of nitrogens with zero attached hydrogens (tertiary/aromatic N) is 1. The molecule has 2 atom stereocenters. The molecule has 2 aliphatic heterocycles. The molecule has 4 heteroatoms. The van der Waals surface area contributed by atoms with E-state index in [-0.39, 0.29) is 5.54 Å². The quantitative estimate of drug-likeness (QED) is 0.816. The van der Waals surface area contributed by atoms with E-state index in [0.29, 0.717) is 11.5 Å². The van der Waals surface area contributed by atoms with Crippen molar-refractivity contribution in [3.63, 3.8) is 0 Å². The normalized spacial score (nSPS) is 39.2. The van der Waals surface area contributed by atoms with Crippen molar-refractivity contribution in [1.82, 2.24) is 4.90 Å². The van der Waals surface area contributed by atoms with Crippen LogP contribution in [0.15, 0.2) is 0 Å². The maximum Gasteiger partial charge on any atom is 0.0620 e. The largest absolute Gasteiger partial charge is 0.379 e. The molecule has 0 amide bonds. The highest BCUT2D eigenvalue weighted by atomic mass is 32.2. The van der Waals surface area contributed by atoms with Gasteiger partial charge in [-0.1, -0.05) is 13.8 Å². The Morgan fingerprint density at radius 2 is 2.24 bits per heavy atom. The minimum Gasteiger partial charge on any atom is -0.379 e. The fourth-order valence-electron chi connectivity index (χ4n) is 3.28. The summed E-state index contributed by atoms with van der Waals surface area (Å²) < 4.78 is 5.57. The molecule has 0 spiro atoms. The molecule has 17 heavy (non-hydrogen) atoms. The molecule has 2 heterocycles. The van der Waals surface area contributed by atoms with Crippen molar-refractivity contribution in [2.24, 2.45) is 11.1 Å². The van der Waals surface area contributed by atoms with Crippen LogP contribution in [0, 0.1) is 5.41 Å². The van der Waals surface area contributed by atoms with Gasteiger partial charge in [-0.3, -0.25) is 4.90 Å². The van der Waals surface area contributed by atoms with E-state index in [2.05, 4.69) is 37.4 Å². The fraction of sp³-hybridized carbons (Fsp3) is 1.00. The predicted molar refractivity (Wildman–Crippen MR) is 74.5 cm³/mol. The van der Waals surface area contributed by atoms with Gasteiger partial charge in [0.25, 0.3) is 0 Å². The summed E-state index contributed by atoms with van der Waals surface area (Å²) in [6, 6.07) is 0.491. The van der Waals surface area contributed by atoms with E-state index in [4.69, 9.17) is 10.5 Å². The molecule has 3 nitrogen and oxygen atoms in total. The van der Waals surface area contributed by atoms with Gasteiger partial charge in [-0.15, -0.1) is 0 Å². The van der Waals surface area contributed by atoms with Crippen LogP contribution in [-0.2, 0) is 4.74 Å². The molecule has 100 valence electrons. The summed E-state index contributed by atoms with van der Waals surface area (Å²) >= 11 is 2.06. The highest BCUT2D eigenvalue weighted by Gasteiger charge is 2.51. The van der Waals surface area contributed by atoms with E-state index in [1.165, 1.54) is 17.9 Å². The number of ether oxygens (including phenoxy) is 1. The Bertz CT molecular complexity index is 272. The van der Waals surface area contributed by atoms with Crippen molar-refractivity contribution in [3.05, 3.63) is 0 Å². The van der Waals surface area contributed by atoms with Gasteiger partial charge in [-0.25, -0.2) is 0 Å². The second kappa shape index (κ2) is 5.08. The number of morpholine rings is 1. The van der Waals surface area contributed by atoms with Crippen molar-refractivity contribution >= 4 is 11.8 Å². The second-order valence-corrected chi connectivity index (χ2v) is 7.14. The number of nitrogens with two attached hydrogens (primary N) is 1. The maximum atomic E-state index is 6.21. The number of thioether (sulfide) groups is 1. The lowest BCUT2D eigenvalue weighted by atomic mass is 9.69. The van der Waals surface area contributed by atoms with E-state index >= 15 is 0 Å². The third-order valence-electron chi connectivity index (χ3n) is 4.73. The zero-order chi connectivity index (χ0) is 12.5. The van der Waals surface area contributed by atoms with Crippen molar-refractivity contribution in [3.8, 4) is 0 Å². The fourth-order valence-corrected chi connectivity index (χ4v) is 5.09. The average molecular weight is 258 g/mol. The Balaban J connectivity index is 2.27. The van der Waals surface area contributed by atoms with E-state index in [9.17, 15) is 0 Å². The Hall–Kier alpha value is 0.230. The maximum absolute atomic E-state index is 6.21. The molecule has 0 aromatic carbocycles. The van der Waals surface area contributed by atoms with Crippen LogP contribution in [0.3, 0.4) is 0 Å². The summed E-state index contributed by atoms with van der Waals surface area (Å²) in [5, 5.41) is 0. The Morgan fingerprint density at radius 1 is 1.47 bits per heavy atom. The molecule has 0 radical (unpaired) electrons. The number of hydrogen-bond donors (Lipinski definition) is 1. The summed E-state index contributed by atoms with van der Waals surface area (Å²) in [5.74, 6) is 2.44. The number of hydrogen-bond acceptors (Lipinski definition) is 4. The molecule has 2 unspecified atom stereocenters. The molecule has 0 aromatic heterocycles. The summed E-state index contributed by atoms with van der Waals surface area (Å²) in [6.07, 6.45) is 1.26. The third kappa shape index (κ3) is 2.25. The molecule has 2 N–H and O–H groups in total. The lowest BCUT2D eigenvalue weighted by molar-refractivity contribution is -0.0916. The van der Waals surface area contributed by atoms with Gasteiger partial charge in [-0.05, 0) is 24.5 Å². The van der Waals surface area contributed by atoms with Gasteiger partial charge in [0.2, 0.25) is 0 Å². The lowest BCUT2D eigenvalue weighted by Crippen LogP contribution is -2.69. The zero-order valence-electron chi connectivity index (χ0n) is 11.4. The highest BCUT2D eigenvalue weighted by Crippen LogP contribution is 2.46. The van der Waals surface area contributed by atoms with Gasteiger partial charge in [-0.2, -0.15) is 11.8 Å². The lowest BCUT2D eigenvalue weighted by Gasteiger charge is -2.58. The van der Waals surface area contributed by atoms with Gasteiger partial charge in [0.1, 0.15) is 0 Å². The van der Waals surface area contributed by atoms with Crippen molar-refractivity contribution < 1.29 is 4.74 Å². The van der Waals surface area contributed by atoms with Crippen LogP contribution in [-0.4, -0.2) is 54.3 Å². The van der Waals surface area contributed by atoms with Crippen molar-refractivity contribution in [2.45, 2.75) is 38.8 Å². The standard InChI is InChI=1S/C13H26N2OS/c1-11-8-16-6-5-15(11)13(9-14)10-17-7-4-12(13,2)3/h11H,4-10,14H2,1-3H3. The monoisotopic (exact) mass is 258 g/mol. The minimum atomic E-state index is 0.152. The molecule has 0 aliphatic carbocycles. The minimum absolute atomic E-state index is 0.152. The van der Waals surface area contributed by atoms with Crippen LogP contribution < -0.4 is 5.73 Å². The molecule has 0 saturated carbocycles. The first-order valence-electron chi connectivity index (χ1n) is 6.66. The predicted octanol–water partition coefficient (Wildman–Crippen LogP) is 1.57. The topological polar surface area (TPSA) is 38.5 Å². The van der Waals surface area contributed by atoms with Gasteiger partial charge in [0, 0.05) is 30.4 Å². The molecular weight excluding hydrogens is 232 g/mol. The molecular formula is C13H26N2OS. The Morgan fingerprint density at radius 3 is 2.82 bits per heavy atom. The van der Waals surface area contributed by atoms with Gasteiger partial charge in [0.05, 0.1) is 13.2 Å². The van der Waals surface area contributed by atoms with Crippen molar-refractivity contribution in [2.75, 3.05) is 37.8 Å². The van der Waals surface area contributed by atoms with Gasteiger partial charge < -0.3 is 10.5 Å². The van der Waals surface area contributed by atoms with Gasteiger partial charge >= 0.3 is 0 Å². The van der Waals surface area contributed by atoms with Crippen LogP contribution in [0.2, 0.25) is 0 Å². The third-order valence-corrected chi connectivity index (χ3v) is 5.90. The highest BCUT2D eigenvalue weighted by molar-refractivity contribution is 7.99. The van der Waals surface area contributed by atoms with Crippen LogP contribution in [0.1, 0.15) is 27.2 Å². The van der Waals surface area contributed by atoms with E-state index < -0.39 is 0 Å². The zero-order valence-corrected chi connectivity index (χ0v) is 12.2. The molecule has 0 bridgehead atoms. The van der Waals surface area contributed by atoms with E-state index in [1.54, 1.807) is 0 Å². The van der Waals surface area contributed by atoms with Crippen LogP contribution >= 0.6 is 11.8 Å². The molecule has 2 rings (SSSR count). The van der Waals surface area contributed by atoms with Crippen molar-refractivity contribution in [1.29, 1.82) is 0 Å². The van der Waals surface area contributed by atoms with E-state index in [1.807, 2.05) is 0 Å². The average Bonchev–Trinajstić information content (AvgIpc) is 2.30. The Labute approximate surface area is 109 Å². The van der Waals surface area contributed by atoms with Gasteiger partial charge in [0.15, 0.2) is 0 Å². The van der Waals surface area contributed by atoms with Crippen LogP contribution in [0.5, 0.6) is 0 Å². The molecule has 2 saturated heterocycles. The summed E-state index contributed by atoms with van der Waals surface area (Å²) in [7, 11) is 0. The first-order valence-corrected chi connectivity index (χ1v) is 7.81. The summed E-state index contributed by atoms with van der Waals surface area (Å²) in [5.41, 5.74) is 6.67. The smallest absolute Gasteiger partial charge is 0.0620 e. The number of rotatable bonds is 2. The Kier molecular flexibility index (Phi) is 4.08. The van der Waals surface area contributed by atoms with Crippen LogP contribution in [0.4, 0.5) is 0 Å². The summed E-state index contributed by atoms with van der Waals surface area (Å²) in [4.78, 5) is 2.63.